The number of hydrogen-bond donors (Lipinski definition) is 2. The molecule has 1 heterocycles. The Hall–Kier alpha value is -3.56. The van der Waals surface area contributed by atoms with E-state index >= 15 is 0 Å². The van der Waals surface area contributed by atoms with Gasteiger partial charge in [0.2, 0.25) is 0 Å². The van der Waals surface area contributed by atoms with Gasteiger partial charge in [0.15, 0.2) is 5.69 Å². The molecule has 2 N–H and O–H groups in total. The zero-order valence-corrected chi connectivity index (χ0v) is 14.9. The summed E-state index contributed by atoms with van der Waals surface area (Å²) in [6.07, 6.45) is 6.81. The number of carbonyl (C=O) groups is 2. The van der Waals surface area contributed by atoms with Crippen molar-refractivity contribution in [1.29, 1.82) is 0 Å². The third kappa shape index (κ3) is 4.35. The van der Waals surface area contributed by atoms with Crippen LogP contribution in [0.15, 0.2) is 60.8 Å². The fraction of sp³-hybridized carbons (Fsp3) is 0.0500. The molecule has 0 radical (unpaired) electrons. The van der Waals surface area contributed by atoms with Gasteiger partial charge in [-0.05, 0) is 36.4 Å². The number of nitrogens with zero attached hydrogens (tertiary/aromatic N) is 2. The molecule has 27 heavy (non-hydrogen) atoms. The van der Waals surface area contributed by atoms with E-state index in [-0.39, 0.29) is 18.1 Å². The van der Waals surface area contributed by atoms with Gasteiger partial charge in [0.05, 0.1) is 23.5 Å². The molecule has 7 heteroatoms. The molecule has 0 fully saturated rings. The Bertz CT molecular complexity index is 1040. The Morgan fingerprint density at radius 3 is 2.70 bits per heavy atom. The van der Waals surface area contributed by atoms with Gasteiger partial charge < -0.3 is 10.6 Å². The van der Waals surface area contributed by atoms with E-state index in [4.69, 9.17) is 18.0 Å². The number of para-hydroxylation sites is 1. The largest absolute Gasteiger partial charge is 0.341 e. The molecular formula is C20H15ClN4O2. The van der Waals surface area contributed by atoms with Crippen molar-refractivity contribution >= 4 is 29.1 Å². The van der Waals surface area contributed by atoms with Crippen LogP contribution in [0.25, 0.3) is 5.69 Å². The van der Waals surface area contributed by atoms with Crippen molar-refractivity contribution in [3.63, 3.8) is 0 Å². The molecule has 0 unspecified atom stereocenters. The lowest BCUT2D eigenvalue weighted by molar-refractivity contribution is 0.0959. The highest BCUT2D eigenvalue weighted by Crippen LogP contribution is 2.17. The molecule has 0 saturated carbocycles. The highest BCUT2D eigenvalue weighted by Gasteiger charge is 2.15. The van der Waals surface area contributed by atoms with Gasteiger partial charge >= 0.3 is 0 Å². The molecule has 3 aromatic rings. The highest BCUT2D eigenvalue weighted by molar-refractivity contribution is 6.30. The van der Waals surface area contributed by atoms with Gasteiger partial charge in [0, 0.05) is 11.2 Å². The van der Waals surface area contributed by atoms with Crippen LogP contribution in [0.5, 0.6) is 0 Å². The predicted molar refractivity (Wildman–Crippen MR) is 104 cm³/mol. The predicted octanol–water partition coefficient (Wildman–Crippen LogP) is 3.14. The van der Waals surface area contributed by atoms with Crippen LogP contribution in [0, 0.1) is 12.3 Å². The minimum Gasteiger partial charge on any atom is -0.341 e. The lowest BCUT2D eigenvalue weighted by atomic mass is 10.1. The van der Waals surface area contributed by atoms with Gasteiger partial charge in [0.1, 0.15) is 0 Å². The summed E-state index contributed by atoms with van der Waals surface area (Å²) >= 11 is 5.98. The van der Waals surface area contributed by atoms with Gasteiger partial charge in [-0.2, -0.15) is 5.10 Å². The minimum absolute atomic E-state index is 0.102. The molecule has 0 atom stereocenters. The first-order chi connectivity index (χ1) is 13.1. The quantitative estimate of drug-likeness (QED) is 0.670. The van der Waals surface area contributed by atoms with Gasteiger partial charge in [-0.25, -0.2) is 4.68 Å². The number of carbonyl (C=O) groups excluding carboxylic acids is 2. The number of amides is 2. The van der Waals surface area contributed by atoms with Crippen LogP contribution in [-0.4, -0.2) is 28.1 Å². The summed E-state index contributed by atoms with van der Waals surface area (Å²) in [5.74, 6) is 1.53. The summed E-state index contributed by atoms with van der Waals surface area (Å²) in [7, 11) is 0. The van der Waals surface area contributed by atoms with E-state index in [0.717, 1.165) is 5.69 Å². The summed E-state index contributed by atoms with van der Waals surface area (Å²) in [6, 6.07) is 15.4. The topological polar surface area (TPSA) is 76.0 Å². The molecule has 3 rings (SSSR count). The molecule has 2 amide bonds. The lowest BCUT2D eigenvalue weighted by Crippen LogP contribution is -2.25. The molecule has 2 aromatic carbocycles. The SMILES string of the molecule is C#CCNC(=O)c1ccccc1NC(=O)c1ccn(-c2cccc(Cl)c2)n1. The maximum atomic E-state index is 12.5. The average Bonchev–Trinajstić information content (AvgIpc) is 3.17. The zero-order valence-electron chi connectivity index (χ0n) is 14.1. The van der Waals surface area contributed by atoms with E-state index < -0.39 is 5.91 Å². The van der Waals surface area contributed by atoms with Crippen LogP contribution in [-0.2, 0) is 0 Å². The van der Waals surface area contributed by atoms with E-state index in [1.807, 2.05) is 6.07 Å². The fourth-order valence-corrected chi connectivity index (χ4v) is 2.59. The smallest absolute Gasteiger partial charge is 0.276 e. The van der Waals surface area contributed by atoms with Crippen molar-refractivity contribution in [2.75, 3.05) is 11.9 Å². The third-order valence-electron chi connectivity index (χ3n) is 3.67. The molecule has 0 bridgehead atoms. The second-order valence-corrected chi connectivity index (χ2v) is 5.95. The number of halogens is 1. The first kappa shape index (κ1) is 18.2. The monoisotopic (exact) mass is 378 g/mol. The fourth-order valence-electron chi connectivity index (χ4n) is 2.41. The van der Waals surface area contributed by atoms with Crippen molar-refractivity contribution in [3.8, 4) is 18.0 Å². The zero-order chi connectivity index (χ0) is 19.2. The number of nitrogens with one attached hydrogen (secondary N) is 2. The standard InChI is InChI=1S/C20H15ClN4O2/c1-2-11-22-19(26)16-8-3-4-9-17(16)23-20(27)18-10-12-25(24-18)15-7-5-6-14(21)13-15/h1,3-10,12-13H,11H2,(H,22,26)(H,23,27). The van der Waals surface area contributed by atoms with Gasteiger partial charge in [-0.3, -0.25) is 9.59 Å². The molecule has 1 aromatic heterocycles. The van der Waals surface area contributed by atoms with Crippen molar-refractivity contribution in [2.24, 2.45) is 0 Å². The Labute approximate surface area is 161 Å². The third-order valence-corrected chi connectivity index (χ3v) is 3.90. The summed E-state index contributed by atoms with van der Waals surface area (Å²) in [4.78, 5) is 24.7. The van der Waals surface area contributed by atoms with Crippen LogP contribution in [0.2, 0.25) is 5.02 Å². The number of terminal acetylenes is 1. The molecule has 0 aliphatic rings. The molecule has 134 valence electrons. The minimum atomic E-state index is -0.437. The van der Waals surface area contributed by atoms with Gasteiger partial charge in [-0.1, -0.05) is 35.7 Å². The number of aromatic nitrogens is 2. The van der Waals surface area contributed by atoms with Crippen LogP contribution in [0.1, 0.15) is 20.8 Å². The second kappa shape index (κ2) is 8.21. The second-order valence-electron chi connectivity index (χ2n) is 5.51. The maximum absolute atomic E-state index is 12.5. The number of benzene rings is 2. The first-order valence-corrected chi connectivity index (χ1v) is 8.40. The molecule has 0 aliphatic heterocycles. The average molecular weight is 379 g/mol. The van der Waals surface area contributed by atoms with E-state index in [1.54, 1.807) is 59.4 Å². The van der Waals surface area contributed by atoms with Crippen molar-refractivity contribution < 1.29 is 9.59 Å². The number of rotatable bonds is 5. The van der Waals surface area contributed by atoms with Crippen LogP contribution >= 0.6 is 11.6 Å². The van der Waals surface area contributed by atoms with Crippen LogP contribution < -0.4 is 10.6 Å². The highest BCUT2D eigenvalue weighted by atomic mass is 35.5. The van der Waals surface area contributed by atoms with E-state index in [0.29, 0.717) is 16.3 Å². The molecular weight excluding hydrogens is 364 g/mol. The van der Waals surface area contributed by atoms with Crippen molar-refractivity contribution in [1.82, 2.24) is 15.1 Å². The van der Waals surface area contributed by atoms with E-state index in [2.05, 4.69) is 21.7 Å². The number of hydrogen-bond acceptors (Lipinski definition) is 3. The summed E-state index contributed by atoms with van der Waals surface area (Å²) in [6.45, 7) is 0.102. The Morgan fingerprint density at radius 2 is 1.93 bits per heavy atom. The molecule has 0 spiro atoms. The summed E-state index contributed by atoms with van der Waals surface area (Å²) in [5.41, 5.74) is 1.62. The molecule has 6 nitrogen and oxygen atoms in total. The Kier molecular flexibility index (Phi) is 5.55. The molecule has 0 aliphatic carbocycles. The van der Waals surface area contributed by atoms with E-state index in [1.165, 1.54) is 0 Å². The normalized spacial score (nSPS) is 10.1. The maximum Gasteiger partial charge on any atom is 0.276 e. The van der Waals surface area contributed by atoms with Crippen LogP contribution in [0.3, 0.4) is 0 Å². The summed E-state index contributed by atoms with van der Waals surface area (Å²) < 4.78 is 1.55. The lowest BCUT2D eigenvalue weighted by Gasteiger charge is -2.09. The first-order valence-electron chi connectivity index (χ1n) is 8.02. The van der Waals surface area contributed by atoms with Gasteiger partial charge in [0.25, 0.3) is 11.8 Å². The Balaban J connectivity index is 1.79. The molecule has 0 saturated heterocycles. The van der Waals surface area contributed by atoms with Crippen molar-refractivity contribution in [3.05, 3.63) is 77.1 Å². The van der Waals surface area contributed by atoms with E-state index in [9.17, 15) is 9.59 Å². The van der Waals surface area contributed by atoms with Crippen LogP contribution in [0.4, 0.5) is 5.69 Å². The van der Waals surface area contributed by atoms with Crippen molar-refractivity contribution in [2.45, 2.75) is 0 Å². The van der Waals surface area contributed by atoms with Gasteiger partial charge in [-0.15, -0.1) is 6.42 Å². The Morgan fingerprint density at radius 1 is 1.11 bits per heavy atom. The summed E-state index contributed by atoms with van der Waals surface area (Å²) in [5, 5.41) is 10.1. The number of anilines is 1.